The van der Waals surface area contributed by atoms with E-state index in [-0.39, 0.29) is 18.8 Å². The first kappa shape index (κ1) is 23.1. The van der Waals surface area contributed by atoms with Gasteiger partial charge in [0.1, 0.15) is 6.07 Å². The number of piperazine rings is 1. The Morgan fingerprint density at radius 3 is 2.39 bits per heavy atom. The second-order valence-electron chi connectivity index (χ2n) is 7.86. The molecule has 9 heteroatoms. The summed E-state index contributed by atoms with van der Waals surface area (Å²) < 4.78 is 33.6. The fourth-order valence-corrected chi connectivity index (χ4v) is 5.54. The molecular weight excluding hydrogens is 460 g/mol. The lowest BCUT2D eigenvalue weighted by Gasteiger charge is -2.34. The second-order valence-corrected chi connectivity index (χ2v) is 10.2. The fourth-order valence-electron chi connectivity index (χ4n) is 3.79. The SMILES string of the molecule is Cc1ccc(S(=O)(=O)N2CCN(c3oc(/C=C/c4ccc(Cl)cc4)nc3C#N)CC2)c(C)c1. The van der Waals surface area contributed by atoms with Crippen LogP contribution < -0.4 is 4.90 Å². The van der Waals surface area contributed by atoms with Crippen molar-refractivity contribution in [1.29, 1.82) is 5.26 Å². The molecule has 2 heterocycles. The van der Waals surface area contributed by atoms with Crippen molar-refractivity contribution in [2.24, 2.45) is 0 Å². The Kier molecular flexibility index (Phi) is 6.56. The van der Waals surface area contributed by atoms with Crippen molar-refractivity contribution in [3.05, 3.63) is 75.8 Å². The lowest BCUT2D eigenvalue weighted by molar-refractivity contribution is 0.373. The quantitative estimate of drug-likeness (QED) is 0.532. The Morgan fingerprint density at radius 2 is 1.76 bits per heavy atom. The fraction of sp³-hybridized carbons (Fsp3) is 0.250. The highest BCUT2D eigenvalue weighted by Gasteiger charge is 2.31. The summed E-state index contributed by atoms with van der Waals surface area (Å²) in [6, 6.07) is 14.7. The molecule has 1 aliphatic rings. The summed E-state index contributed by atoms with van der Waals surface area (Å²) in [7, 11) is -3.59. The van der Waals surface area contributed by atoms with Crippen molar-refractivity contribution in [1.82, 2.24) is 9.29 Å². The van der Waals surface area contributed by atoms with Gasteiger partial charge in [0.25, 0.3) is 0 Å². The van der Waals surface area contributed by atoms with Crippen LogP contribution in [0.3, 0.4) is 0 Å². The molecule has 1 fully saturated rings. The lowest BCUT2D eigenvalue weighted by Crippen LogP contribution is -2.48. The number of oxazole rings is 1. The molecule has 1 aromatic heterocycles. The zero-order chi connectivity index (χ0) is 23.6. The topological polar surface area (TPSA) is 90.4 Å². The molecule has 0 bridgehead atoms. The zero-order valence-electron chi connectivity index (χ0n) is 18.3. The summed E-state index contributed by atoms with van der Waals surface area (Å²) in [5, 5.41) is 10.2. The molecule has 0 unspecified atom stereocenters. The van der Waals surface area contributed by atoms with Crippen LogP contribution in [0.5, 0.6) is 0 Å². The molecule has 170 valence electrons. The highest BCUT2D eigenvalue weighted by molar-refractivity contribution is 7.89. The third kappa shape index (κ3) is 4.96. The van der Waals surface area contributed by atoms with Gasteiger partial charge in [0.2, 0.25) is 27.5 Å². The normalized spacial score (nSPS) is 15.2. The molecule has 3 aromatic rings. The first-order valence-electron chi connectivity index (χ1n) is 10.4. The van der Waals surface area contributed by atoms with Crippen LogP contribution in [0.25, 0.3) is 12.2 Å². The van der Waals surface area contributed by atoms with E-state index in [4.69, 9.17) is 16.0 Å². The van der Waals surface area contributed by atoms with Crippen molar-refractivity contribution in [2.75, 3.05) is 31.1 Å². The van der Waals surface area contributed by atoms with Gasteiger partial charge in [-0.2, -0.15) is 14.6 Å². The number of hydrogen-bond donors (Lipinski definition) is 0. The molecule has 0 amide bonds. The van der Waals surface area contributed by atoms with Crippen molar-refractivity contribution in [3.63, 3.8) is 0 Å². The third-order valence-corrected chi connectivity index (χ3v) is 7.81. The van der Waals surface area contributed by atoms with E-state index < -0.39 is 10.0 Å². The maximum atomic E-state index is 13.1. The number of nitrogens with zero attached hydrogens (tertiary/aromatic N) is 4. The molecule has 0 spiro atoms. The summed E-state index contributed by atoms with van der Waals surface area (Å²) in [5.74, 6) is 0.665. The predicted molar refractivity (Wildman–Crippen MR) is 128 cm³/mol. The molecule has 0 radical (unpaired) electrons. The number of hydrogen-bond acceptors (Lipinski definition) is 6. The van der Waals surface area contributed by atoms with Crippen molar-refractivity contribution in [2.45, 2.75) is 18.7 Å². The van der Waals surface area contributed by atoms with Gasteiger partial charge in [0.15, 0.2) is 0 Å². The minimum atomic E-state index is -3.59. The molecule has 0 aliphatic carbocycles. The van der Waals surface area contributed by atoms with Crippen LogP contribution in [0.2, 0.25) is 5.02 Å². The van der Waals surface area contributed by atoms with Crippen LogP contribution in [0.1, 0.15) is 28.3 Å². The van der Waals surface area contributed by atoms with Gasteiger partial charge in [-0.25, -0.2) is 8.42 Å². The van der Waals surface area contributed by atoms with E-state index in [0.29, 0.717) is 34.8 Å². The van der Waals surface area contributed by atoms with Crippen LogP contribution in [-0.2, 0) is 10.0 Å². The Labute approximate surface area is 198 Å². The summed E-state index contributed by atoms with van der Waals surface area (Å²) >= 11 is 5.91. The number of aryl methyl sites for hydroxylation is 2. The van der Waals surface area contributed by atoms with Crippen LogP contribution in [-0.4, -0.2) is 43.9 Å². The van der Waals surface area contributed by atoms with Crippen molar-refractivity contribution in [3.8, 4) is 6.07 Å². The molecule has 2 aromatic carbocycles. The van der Waals surface area contributed by atoms with Gasteiger partial charge >= 0.3 is 0 Å². The van der Waals surface area contributed by atoms with E-state index in [0.717, 1.165) is 16.7 Å². The standard InChI is InChI=1S/C24H23ClN4O3S/c1-17-3-9-22(18(2)15-17)33(30,31)29-13-11-28(12-14-29)24-21(16-26)27-23(32-24)10-6-19-4-7-20(25)8-5-19/h3-10,15H,11-14H2,1-2H3/b10-6+. The molecule has 1 aliphatic heterocycles. The third-order valence-electron chi connectivity index (χ3n) is 5.49. The average Bonchev–Trinajstić information content (AvgIpc) is 3.22. The van der Waals surface area contributed by atoms with Gasteiger partial charge in [-0.3, -0.25) is 0 Å². The average molecular weight is 483 g/mol. The summed E-state index contributed by atoms with van der Waals surface area (Å²) in [6.45, 7) is 5.12. The van der Waals surface area contributed by atoms with Gasteiger partial charge in [-0.1, -0.05) is 41.4 Å². The van der Waals surface area contributed by atoms with E-state index in [2.05, 4.69) is 11.1 Å². The molecule has 0 N–H and O–H groups in total. The number of rotatable bonds is 5. The van der Waals surface area contributed by atoms with Crippen LogP contribution in [0, 0.1) is 25.2 Å². The second kappa shape index (κ2) is 9.40. The van der Waals surface area contributed by atoms with Gasteiger partial charge in [-0.05, 0) is 49.2 Å². The number of anilines is 1. The van der Waals surface area contributed by atoms with Gasteiger partial charge in [0.05, 0.1) is 4.90 Å². The molecule has 33 heavy (non-hydrogen) atoms. The van der Waals surface area contributed by atoms with Gasteiger partial charge in [0, 0.05) is 37.3 Å². The highest BCUT2D eigenvalue weighted by Crippen LogP contribution is 2.27. The molecule has 1 saturated heterocycles. The lowest BCUT2D eigenvalue weighted by atomic mass is 10.2. The number of benzene rings is 2. The number of aromatic nitrogens is 1. The summed E-state index contributed by atoms with van der Waals surface area (Å²) in [6.07, 6.45) is 3.51. The Morgan fingerprint density at radius 1 is 1.06 bits per heavy atom. The van der Waals surface area contributed by atoms with E-state index in [1.54, 1.807) is 24.3 Å². The van der Waals surface area contributed by atoms with Crippen LogP contribution >= 0.6 is 11.6 Å². The Bertz CT molecular complexity index is 1330. The summed E-state index contributed by atoms with van der Waals surface area (Å²) in [5.41, 5.74) is 2.85. The van der Waals surface area contributed by atoms with Crippen molar-refractivity contribution >= 4 is 39.7 Å². The maximum Gasteiger partial charge on any atom is 0.243 e. The van der Waals surface area contributed by atoms with Crippen LogP contribution in [0.4, 0.5) is 5.88 Å². The first-order valence-corrected chi connectivity index (χ1v) is 12.3. The minimum Gasteiger partial charge on any atom is -0.420 e. The van der Waals surface area contributed by atoms with Crippen molar-refractivity contribution < 1.29 is 12.8 Å². The Balaban J connectivity index is 1.48. The zero-order valence-corrected chi connectivity index (χ0v) is 19.9. The maximum absolute atomic E-state index is 13.1. The summed E-state index contributed by atoms with van der Waals surface area (Å²) in [4.78, 5) is 6.45. The molecule has 4 rings (SSSR count). The van der Waals surface area contributed by atoms with Gasteiger partial charge in [-0.15, -0.1) is 0 Å². The smallest absolute Gasteiger partial charge is 0.243 e. The molecule has 0 saturated carbocycles. The number of halogens is 1. The molecular formula is C24H23ClN4O3S. The van der Waals surface area contributed by atoms with E-state index in [9.17, 15) is 13.7 Å². The molecule has 7 nitrogen and oxygen atoms in total. The Hall–Kier alpha value is -3.12. The van der Waals surface area contributed by atoms with E-state index in [1.165, 1.54) is 4.31 Å². The van der Waals surface area contributed by atoms with E-state index in [1.807, 2.05) is 49.1 Å². The highest BCUT2D eigenvalue weighted by atomic mass is 35.5. The minimum absolute atomic E-state index is 0.177. The largest absolute Gasteiger partial charge is 0.420 e. The first-order chi connectivity index (χ1) is 15.8. The predicted octanol–water partition coefficient (Wildman–Crippen LogP) is 4.50. The number of nitriles is 1. The monoisotopic (exact) mass is 482 g/mol. The number of sulfonamides is 1. The molecule has 0 atom stereocenters. The van der Waals surface area contributed by atoms with Crippen LogP contribution in [0.15, 0.2) is 51.8 Å². The van der Waals surface area contributed by atoms with Gasteiger partial charge < -0.3 is 9.32 Å². The van der Waals surface area contributed by atoms with E-state index >= 15 is 0 Å².